The molecule has 5 aromatic carbocycles. The van der Waals surface area contributed by atoms with Gasteiger partial charge in [-0.1, -0.05) is 78.9 Å². The quantitative estimate of drug-likeness (QED) is 0.211. The van der Waals surface area contributed by atoms with Gasteiger partial charge < -0.3 is 4.57 Å². The normalized spacial score (nSPS) is 28.1. The van der Waals surface area contributed by atoms with Crippen LogP contribution in [0.1, 0.15) is 43.2 Å². The number of hydrogen-bond acceptors (Lipinski definition) is 0. The molecule has 39 heavy (non-hydrogen) atoms. The summed E-state index contributed by atoms with van der Waals surface area (Å²) < 4.78 is 2.54. The third-order valence-electron chi connectivity index (χ3n) is 11.4. The summed E-state index contributed by atoms with van der Waals surface area (Å²) in [5, 5.41) is 5.39. The number of aromatic nitrogens is 1. The minimum atomic E-state index is 0.205. The van der Waals surface area contributed by atoms with E-state index in [1.165, 1.54) is 81.5 Å². The standard InChI is InChI=1S/C38H31N/c1-2-10-28-25(8-1)9-7-15-35(28)39-36-14-6-4-12-30(36)32-21-34-31(22-37(32)39)29-11-3-5-13-33(29)38(34)26-17-23-16-24(19-26)20-27(38)18-23/h1-15,21-24,26-27H,16-20H2. The van der Waals surface area contributed by atoms with Crippen molar-refractivity contribution in [3.63, 3.8) is 0 Å². The van der Waals surface area contributed by atoms with Crippen LogP contribution in [0, 0.1) is 23.7 Å². The number of nitrogens with zero attached hydrogens (tertiary/aromatic N) is 1. The summed E-state index contributed by atoms with van der Waals surface area (Å²) in [6.45, 7) is 0. The highest BCUT2D eigenvalue weighted by Gasteiger charge is 2.61. The number of para-hydroxylation sites is 1. The van der Waals surface area contributed by atoms with Gasteiger partial charge in [-0.05, 0) is 108 Å². The zero-order chi connectivity index (χ0) is 25.3. The molecule has 1 nitrogen and oxygen atoms in total. The first-order valence-corrected chi connectivity index (χ1v) is 15.0. The van der Waals surface area contributed by atoms with E-state index in [4.69, 9.17) is 0 Å². The van der Waals surface area contributed by atoms with Gasteiger partial charge in [0.05, 0.1) is 16.7 Å². The molecule has 4 saturated carbocycles. The van der Waals surface area contributed by atoms with Crippen molar-refractivity contribution in [2.24, 2.45) is 23.7 Å². The van der Waals surface area contributed by atoms with E-state index < -0.39 is 0 Å². The van der Waals surface area contributed by atoms with Crippen molar-refractivity contribution in [1.29, 1.82) is 0 Å². The Morgan fingerprint density at radius 1 is 0.513 bits per heavy atom. The average Bonchev–Trinajstić information content (AvgIpc) is 3.44. The molecule has 0 N–H and O–H groups in total. The Labute approximate surface area is 229 Å². The number of benzene rings is 5. The molecular formula is C38H31N. The predicted molar refractivity (Wildman–Crippen MR) is 162 cm³/mol. The van der Waals surface area contributed by atoms with Gasteiger partial charge in [0, 0.05) is 21.6 Å². The third kappa shape index (κ3) is 2.49. The fourth-order valence-corrected chi connectivity index (χ4v) is 10.3. The lowest BCUT2D eigenvalue weighted by atomic mass is 9.43. The molecule has 1 heterocycles. The highest BCUT2D eigenvalue weighted by atomic mass is 15.0. The second kappa shape index (κ2) is 7.21. The molecule has 0 aliphatic heterocycles. The van der Waals surface area contributed by atoms with Gasteiger partial charge in [0.2, 0.25) is 0 Å². The van der Waals surface area contributed by atoms with Crippen LogP contribution >= 0.6 is 0 Å². The highest BCUT2D eigenvalue weighted by Crippen LogP contribution is 2.69. The second-order valence-corrected chi connectivity index (χ2v) is 13.0. The van der Waals surface area contributed by atoms with Gasteiger partial charge in [-0.2, -0.15) is 0 Å². The Balaban J connectivity index is 1.34. The molecule has 0 saturated heterocycles. The van der Waals surface area contributed by atoms with Crippen molar-refractivity contribution in [2.45, 2.75) is 37.5 Å². The molecule has 0 atom stereocenters. The van der Waals surface area contributed by atoms with E-state index in [2.05, 4.69) is 108 Å². The van der Waals surface area contributed by atoms with Crippen molar-refractivity contribution in [3.8, 4) is 16.8 Å². The van der Waals surface area contributed by atoms with Gasteiger partial charge in [-0.3, -0.25) is 0 Å². The van der Waals surface area contributed by atoms with Gasteiger partial charge in [-0.15, -0.1) is 0 Å². The molecule has 188 valence electrons. The lowest BCUT2D eigenvalue weighted by Gasteiger charge is -2.61. The largest absolute Gasteiger partial charge is 0.309 e. The first kappa shape index (κ1) is 21.0. The summed E-state index contributed by atoms with van der Waals surface area (Å²) in [5.41, 5.74) is 10.4. The Hall–Kier alpha value is -3.84. The summed E-state index contributed by atoms with van der Waals surface area (Å²) in [5.74, 6) is 3.51. The monoisotopic (exact) mass is 501 g/mol. The van der Waals surface area contributed by atoms with E-state index in [1.54, 1.807) is 11.1 Å². The van der Waals surface area contributed by atoms with Crippen molar-refractivity contribution in [1.82, 2.24) is 4.57 Å². The average molecular weight is 502 g/mol. The fraction of sp³-hybridized carbons (Fsp3) is 0.263. The lowest BCUT2D eigenvalue weighted by molar-refractivity contribution is -0.0399. The molecule has 6 aromatic rings. The fourth-order valence-electron chi connectivity index (χ4n) is 10.3. The Morgan fingerprint density at radius 2 is 1.21 bits per heavy atom. The van der Waals surface area contributed by atoms with Crippen LogP contribution in [0.4, 0.5) is 0 Å². The van der Waals surface area contributed by atoms with Crippen molar-refractivity contribution in [3.05, 3.63) is 114 Å². The summed E-state index contributed by atoms with van der Waals surface area (Å²) in [6.07, 6.45) is 7.20. The maximum atomic E-state index is 2.66. The van der Waals surface area contributed by atoms with Crippen LogP contribution in [-0.2, 0) is 5.41 Å². The van der Waals surface area contributed by atoms with Crippen molar-refractivity contribution in [2.75, 3.05) is 0 Å². The predicted octanol–water partition coefficient (Wildman–Crippen LogP) is 9.66. The molecule has 1 aromatic heterocycles. The van der Waals surface area contributed by atoms with Crippen LogP contribution < -0.4 is 0 Å². The topological polar surface area (TPSA) is 4.93 Å². The van der Waals surface area contributed by atoms with Crippen LogP contribution in [-0.4, -0.2) is 4.57 Å². The van der Waals surface area contributed by atoms with E-state index in [9.17, 15) is 0 Å². The van der Waals surface area contributed by atoms with E-state index in [-0.39, 0.29) is 5.41 Å². The van der Waals surface area contributed by atoms with Gasteiger partial charge >= 0.3 is 0 Å². The third-order valence-corrected chi connectivity index (χ3v) is 11.4. The summed E-state index contributed by atoms with van der Waals surface area (Å²) >= 11 is 0. The molecule has 4 fully saturated rings. The van der Waals surface area contributed by atoms with E-state index >= 15 is 0 Å². The van der Waals surface area contributed by atoms with Gasteiger partial charge in [0.15, 0.2) is 0 Å². The first-order valence-electron chi connectivity index (χ1n) is 15.0. The molecular weight excluding hydrogens is 470 g/mol. The highest BCUT2D eigenvalue weighted by molar-refractivity contribution is 6.12. The lowest BCUT2D eigenvalue weighted by Crippen LogP contribution is -2.55. The van der Waals surface area contributed by atoms with Crippen molar-refractivity contribution < 1.29 is 0 Å². The molecule has 11 rings (SSSR count). The molecule has 5 aliphatic carbocycles. The van der Waals surface area contributed by atoms with E-state index in [0.717, 1.165) is 23.7 Å². The maximum Gasteiger partial charge on any atom is 0.0547 e. The first-order chi connectivity index (χ1) is 19.3. The SMILES string of the molecule is c1ccc2c(c1)-c1cc3c(cc1C21C2CC4CC(C2)CC1C4)c1ccccc1n3-c1cccc2ccccc12. The van der Waals surface area contributed by atoms with Crippen LogP contribution in [0.5, 0.6) is 0 Å². The molecule has 1 heteroatoms. The van der Waals surface area contributed by atoms with Gasteiger partial charge in [0.1, 0.15) is 0 Å². The number of fused-ring (bicyclic) bond motifs is 7. The Kier molecular flexibility index (Phi) is 3.89. The molecule has 4 bridgehead atoms. The molecule has 0 amide bonds. The minimum absolute atomic E-state index is 0.205. The van der Waals surface area contributed by atoms with Crippen LogP contribution in [0.2, 0.25) is 0 Å². The van der Waals surface area contributed by atoms with Crippen LogP contribution in [0.15, 0.2) is 103 Å². The number of rotatable bonds is 1. The summed E-state index contributed by atoms with van der Waals surface area (Å²) in [7, 11) is 0. The van der Waals surface area contributed by atoms with Crippen LogP contribution in [0.3, 0.4) is 0 Å². The maximum absolute atomic E-state index is 2.66. The zero-order valence-electron chi connectivity index (χ0n) is 22.1. The molecule has 1 spiro atoms. The minimum Gasteiger partial charge on any atom is -0.309 e. The smallest absolute Gasteiger partial charge is 0.0547 e. The zero-order valence-corrected chi connectivity index (χ0v) is 22.1. The Bertz CT molecular complexity index is 1950. The summed E-state index contributed by atoms with van der Waals surface area (Å²) in [6, 6.07) is 39.4. The van der Waals surface area contributed by atoms with Crippen LogP contribution in [0.25, 0.3) is 49.4 Å². The second-order valence-electron chi connectivity index (χ2n) is 13.0. The molecule has 0 radical (unpaired) electrons. The molecule has 5 aliphatic rings. The molecule has 0 unspecified atom stereocenters. The van der Waals surface area contributed by atoms with E-state index in [1.807, 2.05) is 0 Å². The van der Waals surface area contributed by atoms with E-state index in [0.29, 0.717) is 0 Å². The number of hydrogen-bond donors (Lipinski definition) is 0. The summed E-state index contributed by atoms with van der Waals surface area (Å²) in [4.78, 5) is 0. The Morgan fingerprint density at radius 3 is 2.05 bits per heavy atom. The van der Waals surface area contributed by atoms with Crippen molar-refractivity contribution >= 4 is 32.6 Å². The van der Waals surface area contributed by atoms with Gasteiger partial charge in [-0.25, -0.2) is 0 Å². The van der Waals surface area contributed by atoms with Gasteiger partial charge in [0.25, 0.3) is 0 Å².